The third kappa shape index (κ3) is 4.89. The standard InChI is InChI=1S/C22H23N5OS/c1-4-12-23-22(29)25-24-21(28)19-14-27(18-8-6-5-7-9-18)26-20(19)17-11-10-15(2)16(3)13-17/h4-11,13-14H,1,12H2,2-3H3,(H,24,28)(H2,23,25,29). The van der Waals surface area contributed by atoms with Gasteiger partial charge in [-0.15, -0.1) is 6.58 Å². The van der Waals surface area contributed by atoms with Crippen molar-refractivity contribution in [2.75, 3.05) is 6.54 Å². The summed E-state index contributed by atoms with van der Waals surface area (Å²) >= 11 is 5.12. The molecular weight excluding hydrogens is 382 g/mol. The molecule has 0 aliphatic rings. The number of hydrogen-bond acceptors (Lipinski definition) is 3. The largest absolute Gasteiger partial charge is 0.358 e. The molecule has 0 saturated carbocycles. The van der Waals surface area contributed by atoms with E-state index in [0.717, 1.165) is 16.8 Å². The fraction of sp³-hybridized carbons (Fsp3) is 0.136. The number of aromatic nitrogens is 2. The number of nitrogens with one attached hydrogen (secondary N) is 3. The molecule has 1 aromatic heterocycles. The number of rotatable bonds is 5. The van der Waals surface area contributed by atoms with Crippen molar-refractivity contribution in [3.05, 3.63) is 84.1 Å². The van der Waals surface area contributed by atoms with Gasteiger partial charge in [-0.1, -0.05) is 36.4 Å². The maximum Gasteiger partial charge on any atom is 0.273 e. The van der Waals surface area contributed by atoms with Crippen molar-refractivity contribution in [1.29, 1.82) is 0 Å². The van der Waals surface area contributed by atoms with E-state index >= 15 is 0 Å². The Hall–Kier alpha value is -3.45. The number of hydrazine groups is 1. The zero-order chi connectivity index (χ0) is 20.8. The van der Waals surface area contributed by atoms with Crippen LogP contribution in [0.25, 0.3) is 16.9 Å². The first-order valence-electron chi connectivity index (χ1n) is 9.17. The van der Waals surface area contributed by atoms with Gasteiger partial charge in [-0.05, 0) is 55.4 Å². The molecule has 0 radical (unpaired) electrons. The highest BCUT2D eigenvalue weighted by molar-refractivity contribution is 7.80. The summed E-state index contributed by atoms with van der Waals surface area (Å²) in [6.45, 7) is 8.21. The molecule has 0 bridgehead atoms. The van der Waals surface area contributed by atoms with Crippen LogP contribution >= 0.6 is 12.2 Å². The van der Waals surface area contributed by atoms with Crippen LogP contribution < -0.4 is 16.2 Å². The minimum Gasteiger partial charge on any atom is -0.358 e. The first kappa shape index (κ1) is 20.3. The van der Waals surface area contributed by atoms with Gasteiger partial charge in [0.25, 0.3) is 5.91 Å². The van der Waals surface area contributed by atoms with Crippen molar-refractivity contribution in [3.63, 3.8) is 0 Å². The zero-order valence-electron chi connectivity index (χ0n) is 16.4. The molecule has 0 unspecified atom stereocenters. The molecule has 3 N–H and O–H groups in total. The Labute approximate surface area is 175 Å². The molecular formula is C22H23N5OS. The number of benzene rings is 2. The molecule has 0 fully saturated rings. The summed E-state index contributed by atoms with van der Waals surface area (Å²) in [7, 11) is 0. The Morgan fingerprint density at radius 3 is 2.59 bits per heavy atom. The van der Waals surface area contributed by atoms with Gasteiger partial charge >= 0.3 is 0 Å². The smallest absolute Gasteiger partial charge is 0.273 e. The van der Waals surface area contributed by atoms with E-state index in [1.165, 1.54) is 5.56 Å². The van der Waals surface area contributed by atoms with Crippen LogP contribution in [0.1, 0.15) is 21.5 Å². The second-order valence-electron chi connectivity index (χ2n) is 6.55. The fourth-order valence-electron chi connectivity index (χ4n) is 2.74. The summed E-state index contributed by atoms with van der Waals surface area (Å²) < 4.78 is 1.70. The minimum absolute atomic E-state index is 0.307. The molecule has 6 nitrogen and oxygen atoms in total. The third-order valence-corrected chi connectivity index (χ3v) is 4.70. The van der Waals surface area contributed by atoms with Crippen molar-refractivity contribution in [2.24, 2.45) is 0 Å². The molecule has 3 aromatic rings. The van der Waals surface area contributed by atoms with E-state index in [2.05, 4.69) is 34.8 Å². The molecule has 1 amide bonds. The third-order valence-electron chi connectivity index (χ3n) is 4.46. The van der Waals surface area contributed by atoms with E-state index in [4.69, 9.17) is 12.2 Å². The molecule has 0 atom stereocenters. The van der Waals surface area contributed by atoms with Gasteiger partial charge in [-0.2, -0.15) is 5.10 Å². The summed E-state index contributed by atoms with van der Waals surface area (Å²) in [5, 5.41) is 7.89. The van der Waals surface area contributed by atoms with Gasteiger partial charge in [-0.25, -0.2) is 4.68 Å². The van der Waals surface area contributed by atoms with Gasteiger partial charge in [0, 0.05) is 18.3 Å². The Morgan fingerprint density at radius 1 is 1.14 bits per heavy atom. The lowest BCUT2D eigenvalue weighted by atomic mass is 10.0. The summed E-state index contributed by atoms with van der Waals surface area (Å²) in [4.78, 5) is 12.9. The number of para-hydroxylation sites is 1. The SMILES string of the molecule is C=CCNC(=S)NNC(=O)c1cn(-c2ccccc2)nc1-c1ccc(C)c(C)c1. The number of amides is 1. The van der Waals surface area contributed by atoms with Crippen LogP contribution in [-0.4, -0.2) is 27.3 Å². The maximum atomic E-state index is 12.9. The van der Waals surface area contributed by atoms with Gasteiger partial charge < -0.3 is 5.32 Å². The lowest BCUT2D eigenvalue weighted by Crippen LogP contribution is -2.46. The number of aryl methyl sites for hydroxylation is 2. The van der Waals surface area contributed by atoms with Gasteiger partial charge in [0.1, 0.15) is 5.69 Å². The molecule has 0 spiro atoms. The fourth-order valence-corrected chi connectivity index (χ4v) is 2.88. The van der Waals surface area contributed by atoms with Crippen molar-refractivity contribution < 1.29 is 4.79 Å². The molecule has 29 heavy (non-hydrogen) atoms. The van der Waals surface area contributed by atoms with Crippen LogP contribution in [-0.2, 0) is 0 Å². The molecule has 0 aliphatic heterocycles. The summed E-state index contributed by atoms with van der Waals surface area (Å²) in [5.74, 6) is -0.330. The minimum atomic E-state index is -0.330. The highest BCUT2D eigenvalue weighted by Crippen LogP contribution is 2.25. The highest BCUT2D eigenvalue weighted by Gasteiger charge is 2.19. The molecule has 0 saturated heterocycles. The molecule has 1 heterocycles. The van der Waals surface area contributed by atoms with Crippen LogP contribution in [0, 0.1) is 13.8 Å². The van der Waals surface area contributed by atoms with Crippen LogP contribution in [0.15, 0.2) is 67.4 Å². The summed E-state index contributed by atoms with van der Waals surface area (Å²) in [6, 6.07) is 15.7. The first-order valence-corrected chi connectivity index (χ1v) is 9.58. The van der Waals surface area contributed by atoms with Crippen LogP contribution in [0.3, 0.4) is 0 Å². The lowest BCUT2D eigenvalue weighted by molar-refractivity contribution is 0.0944. The van der Waals surface area contributed by atoms with Crippen LogP contribution in [0.2, 0.25) is 0 Å². The van der Waals surface area contributed by atoms with E-state index in [1.54, 1.807) is 17.0 Å². The van der Waals surface area contributed by atoms with Gasteiger partial charge in [0.05, 0.1) is 11.3 Å². The Balaban J connectivity index is 1.94. The van der Waals surface area contributed by atoms with E-state index in [1.807, 2.05) is 55.5 Å². The number of nitrogens with zero attached hydrogens (tertiary/aromatic N) is 2. The predicted octanol–water partition coefficient (Wildman–Crippen LogP) is 3.45. The summed E-state index contributed by atoms with van der Waals surface area (Å²) in [6.07, 6.45) is 3.40. The topological polar surface area (TPSA) is 71.0 Å². The quantitative estimate of drug-likeness (QED) is 0.345. The van der Waals surface area contributed by atoms with E-state index in [9.17, 15) is 4.79 Å². The average Bonchev–Trinajstić information content (AvgIpc) is 3.18. The number of carbonyl (C=O) groups excluding carboxylic acids is 1. The molecule has 7 heteroatoms. The summed E-state index contributed by atoms with van der Waals surface area (Å²) in [5.41, 5.74) is 10.4. The molecule has 0 aliphatic carbocycles. The second-order valence-corrected chi connectivity index (χ2v) is 6.96. The number of thiocarbonyl (C=S) groups is 1. The lowest BCUT2D eigenvalue weighted by Gasteiger charge is -2.10. The monoisotopic (exact) mass is 405 g/mol. The average molecular weight is 406 g/mol. The van der Waals surface area contributed by atoms with Crippen LogP contribution in [0.5, 0.6) is 0 Å². The van der Waals surface area contributed by atoms with Gasteiger partial charge in [0.2, 0.25) is 0 Å². The Bertz CT molecular complexity index is 1040. The van der Waals surface area contributed by atoms with Gasteiger partial charge in [-0.3, -0.25) is 15.6 Å². The zero-order valence-corrected chi connectivity index (χ0v) is 17.2. The van der Waals surface area contributed by atoms with E-state index in [-0.39, 0.29) is 5.91 Å². The number of carbonyl (C=O) groups is 1. The maximum absolute atomic E-state index is 12.9. The number of hydrogen-bond donors (Lipinski definition) is 3. The molecule has 3 rings (SSSR count). The van der Waals surface area contributed by atoms with Crippen molar-refractivity contribution in [2.45, 2.75) is 13.8 Å². The van der Waals surface area contributed by atoms with E-state index < -0.39 is 0 Å². The molecule has 148 valence electrons. The van der Waals surface area contributed by atoms with Crippen molar-refractivity contribution in [1.82, 2.24) is 25.9 Å². The first-order chi connectivity index (χ1) is 14.0. The van der Waals surface area contributed by atoms with Gasteiger partial charge in [0.15, 0.2) is 5.11 Å². The molecule has 2 aromatic carbocycles. The Kier molecular flexibility index (Phi) is 6.41. The Morgan fingerprint density at radius 2 is 1.90 bits per heavy atom. The predicted molar refractivity (Wildman–Crippen MR) is 120 cm³/mol. The highest BCUT2D eigenvalue weighted by atomic mass is 32.1. The normalized spacial score (nSPS) is 10.3. The van der Waals surface area contributed by atoms with Crippen LogP contribution in [0.4, 0.5) is 0 Å². The second kappa shape index (κ2) is 9.16. The van der Waals surface area contributed by atoms with Crippen molar-refractivity contribution >= 4 is 23.2 Å². The van der Waals surface area contributed by atoms with E-state index in [0.29, 0.717) is 22.9 Å². The van der Waals surface area contributed by atoms with Crippen molar-refractivity contribution in [3.8, 4) is 16.9 Å².